The van der Waals surface area contributed by atoms with Gasteiger partial charge in [-0.25, -0.2) is 8.42 Å². The van der Waals surface area contributed by atoms with E-state index in [4.69, 9.17) is 28.3 Å². The molecule has 2 aromatic carbocycles. The first kappa shape index (κ1) is 15.1. The minimum Gasteiger partial charge on any atom is -0.392 e. The molecule has 0 saturated carbocycles. The van der Waals surface area contributed by atoms with Crippen LogP contribution in [0.1, 0.15) is 5.56 Å². The lowest BCUT2D eigenvalue weighted by Crippen LogP contribution is -2.13. The zero-order valence-corrected chi connectivity index (χ0v) is 12.5. The summed E-state index contributed by atoms with van der Waals surface area (Å²) in [5, 5.41) is 9.49. The normalized spacial score (nSPS) is 11.3. The van der Waals surface area contributed by atoms with Gasteiger partial charge >= 0.3 is 0 Å². The van der Waals surface area contributed by atoms with E-state index in [0.717, 1.165) is 0 Å². The number of hydrogen-bond donors (Lipinski definition) is 2. The number of benzene rings is 2. The molecule has 2 aromatic rings. The van der Waals surface area contributed by atoms with E-state index < -0.39 is 10.0 Å². The molecule has 106 valence electrons. The van der Waals surface area contributed by atoms with Gasteiger partial charge in [-0.05, 0) is 35.9 Å². The SMILES string of the molecule is O=S(=O)(Nc1cccc(CO)c1)c1ccc(Cl)c(Cl)c1. The highest BCUT2D eigenvalue weighted by Crippen LogP contribution is 2.26. The highest BCUT2D eigenvalue weighted by Gasteiger charge is 2.15. The summed E-state index contributed by atoms with van der Waals surface area (Å²) in [5.41, 5.74) is 0.974. The summed E-state index contributed by atoms with van der Waals surface area (Å²) in [4.78, 5) is 0.0151. The number of halogens is 2. The van der Waals surface area contributed by atoms with Crippen molar-refractivity contribution in [2.45, 2.75) is 11.5 Å². The second-order valence-electron chi connectivity index (χ2n) is 4.04. The van der Waals surface area contributed by atoms with E-state index in [1.807, 2.05) is 0 Å². The first-order valence-electron chi connectivity index (χ1n) is 5.60. The van der Waals surface area contributed by atoms with E-state index in [1.54, 1.807) is 24.3 Å². The molecule has 7 heteroatoms. The number of aliphatic hydroxyl groups is 1. The molecule has 0 heterocycles. The van der Waals surface area contributed by atoms with Gasteiger partial charge in [0.15, 0.2) is 0 Å². The molecule has 0 amide bonds. The highest BCUT2D eigenvalue weighted by atomic mass is 35.5. The number of aliphatic hydroxyl groups excluding tert-OH is 1. The van der Waals surface area contributed by atoms with Crippen molar-refractivity contribution < 1.29 is 13.5 Å². The van der Waals surface area contributed by atoms with Crippen LogP contribution in [0, 0.1) is 0 Å². The fourth-order valence-electron chi connectivity index (χ4n) is 1.59. The molecule has 0 unspecified atom stereocenters. The van der Waals surface area contributed by atoms with Gasteiger partial charge in [-0.3, -0.25) is 4.72 Å². The van der Waals surface area contributed by atoms with Gasteiger partial charge in [0.2, 0.25) is 0 Å². The van der Waals surface area contributed by atoms with Crippen LogP contribution in [0.15, 0.2) is 47.4 Å². The Balaban J connectivity index is 2.32. The van der Waals surface area contributed by atoms with E-state index in [0.29, 0.717) is 11.3 Å². The van der Waals surface area contributed by atoms with Crippen molar-refractivity contribution in [3.05, 3.63) is 58.1 Å². The molecule has 0 aliphatic heterocycles. The van der Waals surface area contributed by atoms with E-state index in [-0.39, 0.29) is 21.5 Å². The van der Waals surface area contributed by atoms with Crippen molar-refractivity contribution in [2.75, 3.05) is 4.72 Å². The molecule has 2 N–H and O–H groups in total. The predicted molar refractivity (Wildman–Crippen MR) is 79.6 cm³/mol. The standard InChI is InChI=1S/C13H11Cl2NO3S/c14-12-5-4-11(7-13(12)15)20(18,19)16-10-3-1-2-9(6-10)8-17/h1-7,16-17H,8H2. The fraction of sp³-hybridized carbons (Fsp3) is 0.0769. The van der Waals surface area contributed by atoms with Gasteiger partial charge in [-0.1, -0.05) is 35.3 Å². The van der Waals surface area contributed by atoms with Crippen LogP contribution >= 0.6 is 23.2 Å². The molecule has 0 saturated heterocycles. The number of anilines is 1. The topological polar surface area (TPSA) is 66.4 Å². The Hall–Kier alpha value is -1.27. The van der Waals surface area contributed by atoms with Gasteiger partial charge in [0.1, 0.15) is 0 Å². The summed E-state index contributed by atoms with van der Waals surface area (Å²) in [5.74, 6) is 0. The Bertz CT molecular complexity index is 732. The van der Waals surface area contributed by atoms with Gasteiger partial charge in [0.25, 0.3) is 10.0 Å². The Labute approximate surface area is 127 Å². The molecule has 0 bridgehead atoms. The van der Waals surface area contributed by atoms with E-state index >= 15 is 0 Å². The average molecular weight is 332 g/mol. The fourth-order valence-corrected chi connectivity index (χ4v) is 3.03. The molecule has 0 radical (unpaired) electrons. The number of nitrogens with one attached hydrogen (secondary N) is 1. The first-order chi connectivity index (χ1) is 9.42. The monoisotopic (exact) mass is 331 g/mol. The zero-order chi connectivity index (χ0) is 14.8. The lowest BCUT2D eigenvalue weighted by atomic mass is 10.2. The molecule has 0 aromatic heterocycles. The van der Waals surface area contributed by atoms with Crippen molar-refractivity contribution >= 4 is 38.9 Å². The molecule has 0 spiro atoms. The molecule has 0 atom stereocenters. The van der Waals surface area contributed by atoms with Crippen LogP contribution in [0.5, 0.6) is 0 Å². The van der Waals surface area contributed by atoms with Crippen LogP contribution < -0.4 is 4.72 Å². The van der Waals surface area contributed by atoms with Crippen LogP contribution in [-0.4, -0.2) is 13.5 Å². The van der Waals surface area contributed by atoms with Crippen molar-refractivity contribution in [1.82, 2.24) is 0 Å². The van der Waals surface area contributed by atoms with Crippen molar-refractivity contribution in [1.29, 1.82) is 0 Å². The van der Waals surface area contributed by atoms with Gasteiger partial charge < -0.3 is 5.11 Å². The van der Waals surface area contributed by atoms with E-state index in [1.165, 1.54) is 18.2 Å². The Morgan fingerprint density at radius 2 is 1.80 bits per heavy atom. The second kappa shape index (κ2) is 6.01. The summed E-state index contributed by atoms with van der Waals surface area (Å²) in [6.45, 7) is -0.164. The maximum atomic E-state index is 12.2. The lowest BCUT2D eigenvalue weighted by molar-refractivity contribution is 0.282. The molecule has 2 rings (SSSR count). The zero-order valence-electron chi connectivity index (χ0n) is 10.2. The molecule has 0 aliphatic carbocycles. The Morgan fingerprint density at radius 3 is 2.45 bits per heavy atom. The lowest BCUT2D eigenvalue weighted by Gasteiger charge is -2.09. The minimum atomic E-state index is -3.75. The highest BCUT2D eigenvalue weighted by molar-refractivity contribution is 7.92. The van der Waals surface area contributed by atoms with Crippen LogP contribution in [0.3, 0.4) is 0 Å². The third kappa shape index (κ3) is 3.43. The smallest absolute Gasteiger partial charge is 0.261 e. The van der Waals surface area contributed by atoms with Crippen LogP contribution in [-0.2, 0) is 16.6 Å². The Morgan fingerprint density at radius 1 is 1.05 bits per heavy atom. The summed E-state index contributed by atoms with van der Waals surface area (Å²) in [6, 6.07) is 10.6. The van der Waals surface area contributed by atoms with Gasteiger partial charge in [-0.2, -0.15) is 0 Å². The third-order valence-corrected chi connectivity index (χ3v) is 4.68. The number of hydrogen-bond acceptors (Lipinski definition) is 3. The average Bonchev–Trinajstić information content (AvgIpc) is 2.41. The minimum absolute atomic E-state index is 0.0151. The molecule has 0 aliphatic rings. The Kier molecular flexibility index (Phi) is 4.55. The van der Waals surface area contributed by atoms with Crippen LogP contribution in [0.4, 0.5) is 5.69 Å². The summed E-state index contributed by atoms with van der Waals surface area (Å²) < 4.78 is 26.8. The summed E-state index contributed by atoms with van der Waals surface area (Å²) in [7, 11) is -3.75. The maximum Gasteiger partial charge on any atom is 0.261 e. The quantitative estimate of drug-likeness (QED) is 0.903. The summed E-state index contributed by atoms with van der Waals surface area (Å²) >= 11 is 11.6. The van der Waals surface area contributed by atoms with Gasteiger partial charge in [0, 0.05) is 5.69 Å². The van der Waals surface area contributed by atoms with Crippen molar-refractivity contribution in [3.63, 3.8) is 0 Å². The second-order valence-corrected chi connectivity index (χ2v) is 6.54. The van der Waals surface area contributed by atoms with Crippen molar-refractivity contribution in [2.24, 2.45) is 0 Å². The summed E-state index contributed by atoms with van der Waals surface area (Å²) in [6.07, 6.45) is 0. The molecular weight excluding hydrogens is 321 g/mol. The van der Waals surface area contributed by atoms with E-state index in [9.17, 15) is 8.42 Å². The van der Waals surface area contributed by atoms with E-state index in [2.05, 4.69) is 4.72 Å². The molecule has 20 heavy (non-hydrogen) atoms. The first-order valence-corrected chi connectivity index (χ1v) is 7.84. The maximum absolute atomic E-state index is 12.2. The third-order valence-electron chi connectivity index (χ3n) is 2.56. The van der Waals surface area contributed by atoms with Crippen LogP contribution in [0.25, 0.3) is 0 Å². The van der Waals surface area contributed by atoms with Crippen molar-refractivity contribution in [3.8, 4) is 0 Å². The van der Waals surface area contributed by atoms with Gasteiger partial charge in [-0.15, -0.1) is 0 Å². The van der Waals surface area contributed by atoms with Gasteiger partial charge in [0.05, 0.1) is 21.5 Å². The predicted octanol–water partition coefficient (Wildman–Crippen LogP) is 3.29. The number of sulfonamides is 1. The molecular formula is C13H11Cl2NO3S. The number of rotatable bonds is 4. The molecule has 0 fully saturated rings. The molecule has 4 nitrogen and oxygen atoms in total. The van der Waals surface area contributed by atoms with Crippen LogP contribution in [0.2, 0.25) is 10.0 Å². The largest absolute Gasteiger partial charge is 0.392 e.